The largest absolute Gasteiger partial charge is 0.322 e. The molecule has 2 N–H and O–H groups in total. The zero-order valence-corrected chi connectivity index (χ0v) is 15.8. The summed E-state index contributed by atoms with van der Waals surface area (Å²) in [4.78, 5) is 16.7. The normalized spacial score (nSPS) is 22.2. The first-order chi connectivity index (χ1) is 11.1. The molecule has 134 valence electrons. The Morgan fingerprint density at radius 3 is 2.71 bits per heavy atom. The zero-order chi connectivity index (χ0) is 16.2. The number of hydrogen-bond donors (Lipinski definition) is 2. The molecule has 1 aromatic rings. The Balaban J connectivity index is 0.00000208. The average molecular weight is 422 g/mol. The fourth-order valence-corrected chi connectivity index (χ4v) is 3.55. The third-order valence-corrected chi connectivity index (χ3v) is 5.02. The van der Waals surface area contributed by atoms with Crippen molar-refractivity contribution in [3.8, 4) is 0 Å². The van der Waals surface area contributed by atoms with Crippen LogP contribution in [0.25, 0.3) is 0 Å². The summed E-state index contributed by atoms with van der Waals surface area (Å²) < 4.78 is 14.4. The summed E-state index contributed by atoms with van der Waals surface area (Å²) in [5.74, 6) is -0.589. The fourth-order valence-electron chi connectivity index (χ4n) is 3.22. The lowest BCUT2D eigenvalue weighted by Crippen LogP contribution is -2.52. The Labute approximate surface area is 156 Å². The first-order valence-corrected chi connectivity index (χ1v) is 8.83. The van der Waals surface area contributed by atoms with Crippen LogP contribution in [0, 0.1) is 5.82 Å². The van der Waals surface area contributed by atoms with Crippen LogP contribution in [0.15, 0.2) is 22.7 Å². The molecule has 0 aromatic heterocycles. The molecule has 0 spiro atoms. The van der Waals surface area contributed by atoms with Crippen molar-refractivity contribution in [1.29, 1.82) is 0 Å². The van der Waals surface area contributed by atoms with Crippen LogP contribution in [0.1, 0.15) is 6.42 Å². The number of amides is 1. The van der Waals surface area contributed by atoms with Crippen LogP contribution in [0.3, 0.4) is 0 Å². The SMILES string of the molecule is Cl.O=C(CN1CCN(C2CCNC2)CC1)Nc1ccc(Br)cc1F. The molecule has 2 aliphatic rings. The van der Waals surface area contributed by atoms with Gasteiger partial charge in [0.05, 0.1) is 12.2 Å². The van der Waals surface area contributed by atoms with E-state index in [0.29, 0.717) is 17.1 Å². The van der Waals surface area contributed by atoms with Gasteiger partial charge >= 0.3 is 0 Å². The highest BCUT2D eigenvalue weighted by Gasteiger charge is 2.26. The summed E-state index contributed by atoms with van der Waals surface area (Å²) in [7, 11) is 0. The van der Waals surface area contributed by atoms with E-state index in [-0.39, 0.29) is 24.0 Å². The second kappa shape index (κ2) is 9.10. The highest BCUT2D eigenvalue weighted by atomic mass is 79.9. The lowest BCUT2D eigenvalue weighted by Gasteiger charge is -2.37. The molecule has 24 heavy (non-hydrogen) atoms. The molecule has 1 amide bonds. The molecule has 2 aliphatic heterocycles. The Hall–Kier alpha value is -0.730. The monoisotopic (exact) mass is 420 g/mol. The van der Waals surface area contributed by atoms with Gasteiger partial charge in [0.15, 0.2) is 0 Å². The van der Waals surface area contributed by atoms with Gasteiger partial charge in [0.25, 0.3) is 0 Å². The molecule has 1 unspecified atom stereocenters. The highest BCUT2D eigenvalue weighted by Crippen LogP contribution is 2.19. The third kappa shape index (κ3) is 5.13. The first kappa shape index (κ1) is 19.6. The first-order valence-electron chi connectivity index (χ1n) is 8.04. The van der Waals surface area contributed by atoms with Crippen molar-refractivity contribution in [3.63, 3.8) is 0 Å². The van der Waals surface area contributed by atoms with Crippen molar-refractivity contribution < 1.29 is 9.18 Å². The molecule has 5 nitrogen and oxygen atoms in total. The van der Waals surface area contributed by atoms with Crippen LogP contribution in [0.5, 0.6) is 0 Å². The number of anilines is 1. The van der Waals surface area contributed by atoms with Crippen LogP contribution >= 0.6 is 28.3 Å². The summed E-state index contributed by atoms with van der Waals surface area (Å²) in [6.45, 7) is 6.24. The summed E-state index contributed by atoms with van der Waals surface area (Å²) in [6, 6.07) is 5.28. The molecule has 1 aromatic carbocycles. The van der Waals surface area contributed by atoms with Crippen LogP contribution < -0.4 is 10.6 Å². The lowest BCUT2D eigenvalue weighted by molar-refractivity contribution is -0.117. The van der Waals surface area contributed by atoms with Gasteiger partial charge in [-0.25, -0.2) is 4.39 Å². The topological polar surface area (TPSA) is 47.6 Å². The van der Waals surface area contributed by atoms with Crippen LogP contribution in [0.4, 0.5) is 10.1 Å². The predicted molar refractivity (Wildman–Crippen MR) is 99.3 cm³/mol. The standard InChI is InChI=1S/C16H22BrFN4O.ClH/c17-12-1-2-15(14(18)9-12)20-16(23)11-21-5-7-22(8-6-21)13-3-4-19-10-13;/h1-2,9,13,19H,3-8,10-11H2,(H,20,23);1H. The van der Waals surface area contributed by atoms with E-state index < -0.39 is 5.82 Å². The van der Waals surface area contributed by atoms with Crippen molar-refractivity contribution in [2.45, 2.75) is 12.5 Å². The Morgan fingerprint density at radius 2 is 2.08 bits per heavy atom. The van der Waals surface area contributed by atoms with Crippen LogP contribution in [-0.2, 0) is 4.79 Å². The van der Waals surface area contributed by atoms with E-state index in [9.17, 15) is 9.18 Å². The van der Waals surface area contributed by atoms with E-state index in [1.54, 1.807) is 12.1 Å². The second-order valence-electron chi connectivity index (χ2n) is 6.13. The highest BCUT2D eigenvalue weighted by molar-refractivity contribution is 9.10. The zero-order valence-electron chi connectivity index (χ0n) is 13.4. The predicted octanol–water partition coefficient (Wildman–Crippen LogP) is 1.93. The number of nitrogens with zero attached hydrogens (tertiary/aromatic N) is 2. The van der Waals surface area contributed by atoms with Crippen molar-refractivity contribution in [1.82, 2.24) is 15.1 Å². The van der Waals surface area contributed by atoms with Gasteiger partial charge in [0.1, 0.15) is 5.82 Å². The number of piperazine rings is 1. The van der Waals surface area contributed by atoms with E-state index in [2.05, 4.69) is 36.4 Å². The number of hydrogen-bond acceptors (Lipinski definition) is 4. The summed E-state index contributed by atoms with van der Waals surface area (Å²) in [5.41, 5.74) is 0.230. The average Bonchev–Trinajstić information content (AvgIpc) is 3.05. The van der Waals surface area contributed by atoms with Gasteiger partial charge in [-0.3, -0.25) is 14.6 Å². The second-order valence-corrected chi connectivity index (χ2v) is 7.05. The molecule has 0 radical (unpaired) electrons. The maximum atomic E-state index is 13.7. The van der Waals surface area contributed by atoms with Crippen LogP contribution in [-0.4, -0.2) is 67.6 Å². The number of nitrogens with one attached hydrogen (secondary N) is 2. The van der Waals surface area contributed by atoms with Crippen LogP contribution in [0.2, 0.25) is 0 Å². The minimum Gasteiger partial charge on any atom is -0.322 e. The molecule has 3 rings (SSSR count). The fraction of sp³-hybridized carbons (Fsp3) is 0.562. The molecule has 0 bridgehead atoms. The molecule has 2 heterocycles. The van der Waals surface area contributed by atoms with E-state index >= 15 is 0 Å². The molecule has 1 atom stereocenters. The van der Waals surface area contributed by atoms with Gasteiger partial charge in [-0.1, -0.05) is 15.9 Å². The van der Waals surface area contributed by atoms with E-state index in [0.717, 1.165) is 39.3 Å². The van der Waals surface area contributed by atoms with Gasteiger partial charge in [-0.2, -0.15) is 0 Å². The molecule has 0 aliphatic carbocycles. The van der Waals surface area contributed by atoms with Crippen molar-refractivity contribution in [3.05, 3.63) is 28.5 Å². The molecular formula is C16H23BrClFN4O. The van der Waals surface area contributed by atoms with Gasteiger partial charge in [0.2, 0.25) is 5.91 Å². The van der Waals surface area contributed by atoms with Gasteiger partial charge in [0, 0.05) is 43.2 Å². The number of benzene rings is 1. The Morgan fingerprint density at radius 1 is 1.33 bits per heavy atom. The van der Waals surface area contributed by atoms with E-state index in [1.165, 1.54) is 12.5 Å². The Kier molecular flexibility index (Phi) is 7.43. The minimum atomic E-state index is -0.425. The number of carbonyl (C=O) groups excluding carboxylic acids is 1. The maximum absolute atomic E-state index is 13.7. The maximum Gasteiger partial charge on any atom is 0.238 e. The van der Waals surface area contributed by atoms with Gasteiger partial charge < -0.3 is 10.6 Å². The number of halogens is 3. The Bertz CT molecular complexity index is 563. The van der Waals surface area contributed by atoms with E-state index in [1.807, 2.05) is 0 Å². The molecule has 8 heteroatoms. The summed E-state index contributed by atoms with van der Waals surface area (Å²) >= 11 is 3.21. The molecule has 2 fully saturated rings. The quantitative estimate of drug-likeness (QED) is 0.780. The minimum absolute atomic E-state index is 0. The van der Waals surface area contributed by atoms with Crippen molar-refractivity contribution >= 4 is 39.9 Å². The molecule has 2 saturated heterocycles. The summed E-state index contributed by atoms with van der Waals surface area (Å²) in [6.07, 6.45) is 1.21. The third-order valence-electron chi connectivity index (χ3n) is 4.53. The molecule has 0 saturated carbocycles. The lowest BCUT2D eigenvalue weighted by atomic mass is 10.2. The number of carbonyl (C=O) groups is 1. The van der Waals surface area contributed by atoms with Gasteiger partial charge in [-0.05, 0) is 31.2 Å². The number of rotatable bonds is 4. The van der Waals surface area contributed by atoms with Crippen molar-refractivity contribution in [2.75, 3.05) is 51.1 Å². The summed E-state index contributed by atoms with van der Waals surface area (Å²) in [5, 5.41) is 6.04. The van der Waals surface area contributed by atoms with Gasteiger partial charge in [-0.15, -0.1) is 12.4 Å². The van der Waals surface area contributed by atoms with E-state index in [4.69, 9.17) is 0 Å². The molecular weight excluding hydrogens is 399 g/mol. The smallest absolute Gasteiger partial charge is 0.238 e. The van der Waals surface area contributed by atoms with Crippen molar-refractivity contribution in [2.24, 2.45) is 0 Å².